The van der Waals surface area contributed by atoms with Gasteiger partial charge in [-0.05, 0) is 89.1 Å². The lowest BCUT2D eigenvalue weighted by molar-refractivity contribution is -0.136. The Kier molecular flexibility index (Phi) is 17.3. The van der Waals surface area contributed by atoms with E-state index >= 15 is 0 Å². The van der Waals surface area contributed by atoms with E-state index in [0.29, 0.717) is 6.42 Å². The number of hydrogen-bond acceptors (Lipinski definition) is 7. The van der Waals surface area contributed by atoms with Crippen molar-refractivity contribution in [3.8, 4) is 0 Å². The van der Waals surface area contributed by atoms with Crippen LogP contribution in [0.15, 0.2) is 0 Å². The second kappa shape index (κ2) is 18.0. The Morgan fingerprint density at radius 3 is 1.53 bits per heavy atom. The summed E-state index contributed by atoms with van der Waals surface area (Å²) in [7, 11) is -4.77. The van der Waals surface area contributed by atoms with Gasteiger partial charge in [0.1, 0.15) is 17.7 Å². The van der Waals surface area contributed by atoms with Gasteiger partial charge in [0.15, 0.2) is 16.6 Å². The number of nitrogens with one attached hydrogen (secondary N) is 3. The zero-order valence-corrected chi connectivity index (χ0v) is 36.5. The molecule has 0 aliphatic heterocycles. The van der Waals surface area contributed by atoms with Crippen molar-refractivity contribution >= 4 is 40.4 Å². The van der Waals surface area contributed by atoms with Gasteiger partial charge in [0, 0.05) is 0 Å². The normalized spacial score (nSPS) is 17.6. The lowest BCUT2D eigenvalue weighted by Crippen LogP contribution is -2.58. The molecule has 13 heteroatoms. The topological polar surface area (TPSA) is 158 Å². The van der Waals surface area contributed by atoms with Crippen LogP contribution in [0.1, 0.15) is 117 Å². The molecule has 4 amide bonds. The largest absolute Gasteiger partial charge is 0.444 e. The average molecular weight is 731 g/mol. The minimum absolute atomic E-state index is 0.120. The number of carbonyl (C=O) groups excluding carboxylic acids is 4. The molecular weight excluding hydrogens is 657 g/mol. The summed E-state index contributed by atoms with van der Waals surface area (Å²) in [4.78, 5) is 53.3. The number of alkyl carbamates (subject to hydrolysis) is 1. The first-order valence-corrected chi connectivity index (χ1v) is 23.8. The van der Waals surface area contributed by atoms with Crippen LogP contribution in [0.3, 0.4) is 0 Å². The summed E-state index contributed by atoms with van der Waals surface area (Å²) >= 11 is 0. The molecule has 0 rings (SSSR count). The Morgan fingerprint density at radius 2 is 1.14 bits per heavy atom. The van der Waals surface area contributed by atoms with Crippen molar-refractivity contribution in [3.63, 3.8) is 0 Å². The first-order chi connectivity index (χ1) is 21.8. The van der Waals surface area contributed by atoms with Gasteiger partial charge in [-0.1, -0.05) is 75.7 Å². The summed E-state index contributed by atoms with van der Waals surface area (Å²) in [5.41, 5.74) is 4.96. The highest BCUT2D eigenvalue weighted by atomic mass is 28.4. The van der Waals surface area contributed by atoms with E-state index in [1.807, 2.05) is 41.5 Å². The molecule has 0 saturated carbocycles. The van der Waals surface area contributed by atoms with Crippen molar-refractivity contribution in [2.24, 2.45) is 23.5 Å². The minimum atomic E-state index is -2.42. The third-order valence-corrected chi connectivity index (χ3v) is 19.4. The Morgan fingerprint density at radius 1 is 0.694 bits per heavy atom. The van der Waals surface area contributed by atoms with Gasteiger partial charge in [-0.15, -0.1) is 0 Å². The van der Waals surface area contributed by atoms with Crippen LogP contribution in [-0.2, 0) is 28.0 Å². The van der Waals surface area contributed by atoms with Crippen LogP contribution in [0, 0.1) is 17.8 Å². The first-order valence-electron chi connectivity index (χ1n) is 18.0. The Labute approximate surface area is 300 Å². The molecule has 0 saturated heterocycles. The fourth-order valence-electron chi connectivity index (χ4n) is 4.75. The lowest BCUT2D eigenvalue weighted by atomic mass is 9.91. The summed E-state index contributed by atoms with van der Waals surface area (Å²) in [5, 5.41) is 8.49. The SMILES string of the molecule is CCC(C)[C@H](NC(=O)[C@@H](NC(=O)[C@@H](C[C@@H](O[Si](C)(C)C(C)(C)C)[C@H](C)NC(=O)OC(C)(C)C)[C@@H](C)O[Si](C)(C)C(C)(C)C)C(C)C)C(N)=O. The molecular formula is C36H74N4O7Si2. The van der Waals surface area contributed by atoms with Crippen molar-refractivity contribution in [3.05, 3.63) is 0 Å². The molecule has 0 fully saturated rings. The Bertz CT molecular complexity index is 1110. The highest BCUT2D eigenvalue weighted by molar-refractivity contribution is 6.74. The average Bonchev–Trinajstić information content (AvgIpc) is 2.88. The molecule has 11 nitrogen and oxygen atoms in total. The van der Waals surface area contributed by atoms with Crippen molar-refractivity contribution in [2.75, 3.05) is 0 Å². The number of ether oxygens (including phenoxy) is 1. The lowest BCUT2D eigenvalue weighted by Gasteiger charge is -2.44. The first kappa shape index (κ1) is 47.0. The summed E-state index contributed by atoms with van der Waals surface area (Å²) in [6.07, 6.45) is -0.839. The number of rotatable bonds is 17. The smallest absolute Gasteiger partial charge is 0.407 e. The maximum Gasteiger partial charge on any atom is 0.407 e. The van der Waals surface area contributed by atoms with Crippen molar-refractivity contribution in [2.45, 2.75) is 189 Å². The van der Waals surface area contributed by atoms with Crippen LogP contribution in [0.5, 0.6) is 0 Å². The molecule has 288 valence electrons. The van der Waals surface area contributed by atoms with Gasteiger partial charge in [-0.2, -0.15) is 0 Å². The van der Waals surface area contributed by atoms with Gasteiger partial charge in [0.05, 0.1) is 24.2 Å². The monoisotopic (exact) mass is 731 g/mol. The van der Waals surface area contributed by atoms with E-state index in [1.165, 1.54) is 0 Å². The van der Waals surface area contributed by atoms with Crippen LogP contribution < -0.4 is 21.7 Å². The molecule has 5 N–H and O–H groups in total. The second-order valence-corrected chi connectivity index (χ2v) is 27.8. The minimum Gasteiger partial charge on any atom is -0.444 e. The highest BCUT2D eigenvalue weighted by Crippen LogP contribution is 2.40. The highest BCUT2D eigenvalue weighted by Gasteiger charge is 2.45. The van der Waals surface area contributed by atoms with Gasteiger partial charge in [0.25, 0.3) is 0 Å². The van der Waals surface area contributed by atoms with Gasteiger partial charge in [0.2, 0.25) is 17.7 Å². The van der Waals surface area contributed by atoms with Crippen LogP contribution in [-0.4, -0.2) is 76.4 Å². The van der Waals surface area contributed by atoms with Gasteiger partial charge >= 0.3 is 6.09 Å². The van der Waals surface area contributed by atoms with E-state index in [-0.39, 0.29) is 34.2 Å². The Hall–Kier alpha value is -1.97. The summed E-state index contributed by atoms with van der Waals surface area (Å²) in [5.74, 6) is -2.68. The fourth-order valence-corrected chi connectivity index (χ4v) is 7.61. The van der Waals surface area contributed by atoms with E-state index < -0.39 is 76.4 Å². The molecule has 0 bridgehead atoms. The van der Waals surface area contributed by atoms with Crippen molar-refractivity contribution in [1.82, 2.24) is 16.0 Å². The van der Waals surface area contributed by atoms with Gasteiger partial charge in [-0.25, -0.2) is 4.79 Å². The molecule has 0 heterocycles. The van der Waals surface area contributed by atoms with Crippen LogP contribution >= 0.6 is 0 Å². The van der Waals surface area contributed by atoms with Gasteiger partial charge in [-0.3, -0.25) is 14.4 Å². The van der Waals surface area contributed by atoms with Crippen LogP contribution in [0.4, 0.5) is 4.79 Å². The van der Waals surface area contributed by atoms with Crippen molar-refractivity contribution < 1.29 is 32.8 Å². The molecule has 1 unspecified atom stereocenters. The quantitative estimate of drug-likeness (QED) is 0.119. The number of amides is 4. The third-order valence-electron chi connectivity index (χ3n) is 10.3. The molecule has 49 heavy (non-hydrogen) atoms. The molecule has 7 atom stereocenters. The number of nitrogens with two attached hydrogens (primary N) is 1. The molecule has 0 aromatic rings. The zero-order valence-electron chi connectivity index (χ0n) is 34.5. The number of primary amides is 1. The standard InChI is InChI=1S/C36H74N4O7Si2/c1-20-23(4)29(30(37)41)40-32(43)28(22(2)3)39-31(42)26(25(6)46-48(16,17)35(10,11)12)21-27(47-49(18,19)36(13,14)15)24(5)38-33(44)45-34(7,8)9/h22-29H,20-21H2,1-19H3,(H2,37,41)(H,38,44)(H,39,42)(H,40,43)/t23?,24-,25+,26-,27+,28-,29-/m0/s1. The predicted octanol–water partition coefficient (Wildman–Crippen LogP) is 6.86. The second-order valence-electron chi connectivity index (χ2n) is 18.3. The van der Waals surface area contributed by atoms with Crippen molar-refractivity contribution in [1.29, 1.82) is 0 Å². The molecule has 0 aliphatic rings. The maximum atomic E-state index is 14.5. The number of carbonyl (C=O) groups is 4. The summed E-state index contributed by atoms with van der Waals surface area (Å²) < 4.78 is 19.3. The van der Waals surface area contributed by atoms with E-state index in [4.69, 9.17) is 19.3 Å². The predicted molar refractivity (Wildman–Crippen MR) is 204 cm³/mol. The molecule has 0 spiro atoms. The molecule has 0 radical (unpaired) electrons. The number of hydrogen-bond donors (Lipinski definition) is 4. The van der Waals surface area contributed by atoms with Gasteiger partial charge < -0.3 is 35.3 Å². The maximum absolute atomic E-state index is 14.5. The van der Waals surface area contributed by atoms with E-state index in [2.05, 4.69) is 83.7 Å². The molecule has 0 aliphatic carbocycles. The summed E-state index contributed by atoms with van der Waals surface area (Å²) in [6.45, 7) is 38.0. The van der Waals surface area contributed by atoms with E-state index in [1.54, 1.807) is 20.8 Å². The third kappa shape index (κ3) is 15.0. The fraction of sp³-hybridized carbons (Fsp3) is 0.889. The van der Waals surface area contributed by atoms with Crippen LogP contribution in [0.2, 0.25) is 36.3 Å². The Balaban J connectivity index is 6.92. The van der Waals surface area contributed by atoms with Crippen LogP contribution in [0.25, 0.3) is 0 Å². The molecule has 0 aromatic heterocycles. The van der Waals surface area contributed by atoms with E-state index in [9.17, 15) is 19.2 Å². The molecule has 0 aromatic carbocycles. The summed E-state index contributed by atoms with van der Waals surface area (Å²) in [6, 6.07) is -2.32. The van der Waals surface area contributed by atoms with E-state index in [0.717, 1.165) is 0 Å². The zero-order chi connectivity index (χ0) is 39.1.